The van der Waals surface area contributed by atoms with E-state index in [1.54, 1.807) is 24.4 Å². The van der Waals surface area contributed by atoms with Crippen molar-refractivity contribution < 1.29 is 9.18 Å². The minimum absolute atomic E-state index is 0.0128. The molecule has 0 aliphatic rings. The van der Waals surface area contributed by atoms with E-state index in [1.807, 2.05) is 30.3 Å². The number of hydrogen-bond donors (Lipinski definition) is 2. The van der Waals surface area contributed by atoms with Gasteiger partial charge in [-0.1, -0.05) is 48.5 Å². The van der Waals surface area contributed by atoms with Crippen molar-refractivity contribution in [2.24, 2.45) is 0 Å². The van der Waals surface area contributed by atoms with Gasteiger partial charge in [0.1, 0.15) is 11.6 Å². The number of H-pyrrole nitrogens is 1. The van der Waals surface area contributed by atoms with E-state index in [-0.39, 0.29) is 24.7 Å². The van der Waals surface area contributed by atoms with Gasteiger partial charge >= 0.3 is 0 Å². The summed E-state index contributed by atoms with van der Waals surface area (Å²) in [5.74, 6) is 0.0468. The highest BCUT2D eigenvalue weighted by molar-refractivity contribution is 5.78. The van der Waals surface area contributed by atoms with Crippen molar-refractivity contribution in [3.05, 3.63) is 78.0 Å². The Kier molecular flexibility index (Phi) is 4.47. The maximum Gasteiger partial charge on any atom is 0.224 e. The average Bonchev–Trinajstić information content (AvgIpc) is 3.05. The number of nitrogens with zero attached hydrogens (tertiary/aromatic N) is 1. The molecule has 23 heavy (non-hydrogen) atoms. The highest BCUT2D eigenvalue weighted by Crippen LogP contribution is 2.15. The van der Waals surface area contributed by atoms with Gasteiger partial charge in [0.05, 0.1) is 24.9 Å². The molecule has 4 nitrogen and oxygen atoms in total. The fourth-order valence-corrected chi connectivity index (χ4v) is 2.28. The quantitative estimate of drug-likeness (QED) is 0.761. The van der Waals surface area contributed by atoms with Crippen LogP contribution in [-0.4, -0.2) is 15.9 Å². The molecule has 2 N–H and O–H groups in total. The monoisotopic (exact) mass is 309 g/mol. The lowest BCUT2D eigenvalue weighted by Gasteiger charge is -2.04. The molecule has 0 atom stereocenters. The van der Waals surface area contributed by atoms with Crippen LogP contribution in [0.15, 0.2) is 60.8 Å². The molecule has 0 aliphatic heterocycles. The molecule has 116 valence electrons. The average molecular weight is 309 g/mol. The van der Waals surface area contributed by atoms with Gasteiger partial charge in [-0.25, -0.2) is 9.37 Å². The van der Waals surface area contributed by atoms with Crippen LogP contribution in [-0.2, 0) is 17.8 Å². The number of hydrogen-bond acceptors (Lipinski definition) is 2. The first-order valence-corrected chi connectivity index (χ1v) is 7.32. The zero-order valence-corrected chi connectivity index (χ0v) is 12.4. The van der Waals surface area contributed by atoms with Gasteiger partial charge in [-0.15, -0.1) is 0 Å². The van der Waals surface area contributed by atoms with Crippen LogP contribution >= 0.6 is 0 Å². The number of rotatable bonds is 5. The summed E-state index contributed by atoms with van der Waals surface area (Å²) in [6.45, 7) is 0.278. The SMILES string of the molecule is O=C(Cc1ccccc1F)NCc1ncc(-c2ccccc2)[nH]1. The molecule has 0 saturated heterocycles. The van der Waals surface area contributed by atoms with E-state index in [9.17, 15) is 9.18 Å². The van der Waals surface area contributed by atoms with Crippen molar-refractivity contribution >= 4 is 5.91 Å². The number of amides is 1. The van der Waals surface area contributed by atoms with Gasteiger partial charge in [-0.3, -0.25) is 4.79 Å². The zero-order chi connectivity index (χ0) is 16.1. The van der Waals surface area contributed by atoms with Gasteiger partial charge in [-0.05, 0) is 17.2 Å². The highest BCUT2D eigenvalue weighted by atomic mass is 19.1. The van der Waals surface area contributed by atoms with E-state index in [0.717, 1.165) is 11.3 Å². The number of aromatic amines is 1. The second-order valence-corrected chi connectivity index (χ2v) is 5.15. The lowest BCUT2D eigenvalue weighted by atomic mass is 10.1. The molecule has 3 rings (SSSR count). The largest absolute Gasteiger partial charge is 0.349 e. The standard InChI is InChI=1S/C18H16FN3O/c19-15-9-5-4-8-14(15)10-18(23)21-12-17-20-11-16(22-17)13-6-2-1-3-7-13/h1-9,11H,10,12H2,(H,20,22)(H,21,23). The number of aromatic nitrogens is 2. The number of carbonyl (C=O) groups is 1. The molecule has 3 aromatic rings. The summed E-state index contributed by atoms with van der Waals surface area (Å²) in [6, 6.07) is 16.1. The lowest BCUT2D eigenvalue weighted by molar-refractivity contribution is -0.120. The topological polar surface area (TPSA) is 57.8 Å². The molecule has 1 aromatic heterocycles. The summed E-state index contributed by atoms with van der Waals surface area (Å²) in [4.78, 5) is 19.3. The Hall–Kier alpha value is -2.95. The van der Waals surface area contributed by atoms with Crippen LogP contribution in [0.25, 0.3) is 11.3 Å². The molecule has 0 unspecified atom stereocenters. The number of halogens is 1. The Morgan fingerprint density at radius 3 is 2.61 bits per heavy atom. The maximum atomic E-state index is 13.5. The van der Waals surface area contributed by atoms with E-state index in [0.29, 0.717) is 11.4 Å². The van der Waals surface area contributed by atoms with E-state index >= 15 is 0 Å². The van der Waals surface area contributed by atoms with E-state index in [2.05, 4.69) is 15.3 Å². The molecule has 0 aliphatic carbocycles. The number of nitrogens with one attached hydrogen (secondary N) is 2. The second-order valence-electron chi connectivity index (χ2n) is 5.15. The minimum atomic E-state index is -0.369. The van der Waals surface area contributed by atoms with Crippen LogP contribution < -0.4 is 5.32 Å². The summed E-state index contributed by atoms with van der Waals surface area (Å²) in [5.41, 5.74) is 2.31. The summed E-state index contributed by atoms with van der Waals surface area (Å²) >= 11 is 0. The molecule has 0 radical (unpaired) electrons. The van der Waals surface area contributed by atoms with Crippen molar-refractivity contribution in [3.8, 4) is 11.3 Å². The van der Waals surface area contributed by atoms with Gasteiger partial charge in [0, 0.05) is 0 Å². The van der Waals surface area contributed by atoms with Gasteiger partial charge in [0.15, 0.2) is 0 Å². The Morgan fingerprint density at radius 1 is 1.09 bits per heavy atom. The smallest absolute Gasteiger partial charge is 0.224 e. The minimum Gasteiger partial charge on any atom is -0.349 e. The molecule has 0 fully saturated rings. The van der Waals surface area contributed by atoms with E-state index < -0.39 is 0 Å². The third-order valence-corrected chi connectivity index (χ3v) is 3.48. The van der Waals surface area contributed by atoms with Crippen LogP contribution in [0.1, 0.15) is 11.4 Å². The summed E-state index contributed by atoms with van der Waals surface area (Å²) < 4.78 is 13.5. The van der Waals surface area contributed by atoms with Gasteiger partial charge in [0.2, 0.25) is 5.91 Å². The molecule has 0 spiro atoms. The fourth-order valence-electron chi connectivity index (χ4n) is 2.28. The Labute approximate surface area is 133 Å². The predicted octanol–water partition coefficient (Wildman–Crippen LogP) is 3.07. The first-order chi connectivity index (χ1) is 11.2. The summed E-state index contributed by atoms with van der Waals surface area (Å²) in [5, 5.41) is 2.74. The van der Waals surface area contributed by atoms with E-state index in [1.165, 1.54) is 6.07 Å². The van der Waals surface area contributed by atoms with Crippen LogP contribution in [0.5, 0.6) is 0 Å². The predicted molar refractivity (Wildman–Crippen MR) is 86.0 cm³/mol. The Morgan fingerprint density at radius 2 is 1.83 bits per heavy atom. The third kappa shape index (κ3) is 3.83. The van der Waals surface area contributed by atoms with Crippen LogP contribution in [0.2, 0.25) is 0 Å². The molecule has 2 aromatic carbocycles. The number of imidazole rings is 1. The zero-order valence-electron chi connectivity index (χ0n) is 12.4. The van der Waals surface area contributed by atoms with Crippen molar-refractivity contribution in [3.63, 3.8) is 0 Å². The summed E-state index contributed by atoms with van der Waals surface area (Å²) in [7, 11) is 0. The second kappa shape index (κ2) is 6.87. The number of benzene rings is 2. The molecular weight excluding hydrogens is 293 g/mol. The van der Waals surface area contributed by atoms with Gasteiger partial charge in [-0.2, -0.15) is 0 Å². The van der Waals surface area contributed by atoms with Gasteiger partial charge < -0.3 is 10.3 Å². The van der Waals surface area contributed by atoms with Crippen LogP contribution in [0, 0.1) is 5.82 Å². The first-order valence-electron chi connectivity index (χ1n) is 7.32. The molecule has 0 saturated carbocycles. The van der Waals surface area contributed by atoms with Crippen LogP contribution in [0.4, 0.5) is 4.39 Å². The fraction of sp³-hybridized carbons (Fsp3) is 0.111. The normalized spacial score (nSPS) is 10.5. The van der Waals surface area contributed by atoms with Crippen molar-refractivity contribution in [1.82, 2.24) is 15.3 Å². The molecule has 1 heterocycles. The molecule has 0 bridgehead atoms. The first kappa shape index (κ1) is 15.0. The van der Waals surface area contributed by atoms with Crippen LogP contribution in [0.3, 0.4) is 0 Å². The van der Waals surface area contributed by atoms with Crippen molar-refractivity contribution in [2.75, 3.05) is 0 Å². The lowest BCUT2D eigenvalue weighted by Crippen LogP contribution is -2.25. The summed E-state index contributed by atoms with van der Waals surface area (Å²) in [6.07, 6.45) is 1.74. The molecular formula is C18H16FN3O. The highest BCUT2D eigenvalue weighted by Gasteiger charge is 2.08. The Bertz CT molecular complexity index is 799. The molecule has 5 heteroatoms. The van der Waals surface area contributed by atoms with E-state index in [4.69, 9.17) is 0 Å². The number of carbonyl (C=O) groups excluding carboxylic acids is 1. The van der Waals surface area contributed by atoms with Crippen molar-refractivity contribution in [2.45, 2.75) is 13.0 Å². The molecule has 1 amide bonds. The maximum absolute atomic E-state index is 13.5. The third-order valence-electron chi connectivity index (χ3n) is 3.48. The van der Waals surface area contributed by atoms with Crippen molar-refractivity contribution in [1.29, 1.82) is 0 Å². The van der Waals surface area contributed by atoms with Gasteiger partial charge in [0.25, 0.3) is 0 Å². The Balaban J connectivity index is 1.58.